The van der Waals surface area contributed by atoms with E-state index in [4.69, 9.17) is 4.74 Å². The van der Waals surface area contributed by atoms with Crippen LogP contribution >= 0.6 is 0 Å². The van der Waals surface area contributed by atoms with Crippen LogP contribution in [0.4, 0.5) is 18.9 Å². The Kier molecular flexibility index (Phi) is 4.89. The van der Waals surface area contributed by atoms with Crippen molar-refractivity contribution in [3.05, 3.63) is 29.8 Å². The molecular formula is C16H19F3N2O3. The standard InChI is InChI=1S/C16H19F3N2O3/c1-15(2,24-3)14(23)20-11-8-9-21(13(11)22)12-7-5-4-6-10(12)16(17,18)19/h4-7,11H,8-9H2,1-3H3,(H,20,23)/t11-/m1/s1. The van der Waals surface area contributed by atoms with Gasteiger partial charge >= 0.3 is 6.18 Å². The summed E-state index contributed by atoms with van der Waals surface area (Å²) in [6, 6.07) is 4.03. The highest BCUT2D eigenvalue weighted by Gasteiger charge is 2.41. The van der Waals surface area contributed by atoms with Gasteiger partial charge in [-0.15, -0.1) is 0 Å². The van der Waals surface area contributed by atoms with E-state index < -0.39 is 35.2 Å². The van der Waals surface area contributed by atoms with Gasteiger partial charge in [0.15, 0.2) is 0 Å². The van der Waals surface area contributed by atoms with Gasteiger partial charge in [-0.3, -0.25) is 9.59 Å². The van der Waals surface area contributed by atoms with E-state index in [9.17, 15) is 22.8 Å². The summed E-state index contributed by atoms with van der Waals surface area (Å²) in [7, 11) is 1.36. The van der Waals surface area contributed by atoms with Gasteiger partial charge in [-0.05, 0) is 32.4 Å². The van der Waals surface area contributed by atoms with Crippen LogP contribution in [0.5, 0.6) is 0 Å². The number of hydrogen-bond donors (Lipinski definition) is 1. The maximum atomic E-state index is 13.1. The zero-order chi connectivity index (χ0) is 18.1. The van der Waals surface area contributed by atoms with Crippen LogP contribution in [0, 0.1) is 0 Å². The first-order valence-electron chi connectivity index (χ1n) is 7.41. The number of methoxy groups -OCH3 is 1. The molecule has 1 heterocycles. The Morgan fingerprint density at radius 1 is 1.29 bits per heavy atom. The molecule has 1 aliphatic rings. The number of rotatable bonds is 4. The lowest BCUT2D eigenvalue weighted by Crippen LogP contribution is -2.50. The van der Waals surface area contributed by atoms with Gasteiger partial charge in [0.1, 0.15) is 11.6 Å². The van der Waals surface area contributed by atoms with Gasteiger partial charge in [-0.1, -0.05) is 12.1 Å². The molecule has 24 heavy (non-hydrogen) atoms. The summed E-state index contributed by atoms with van der Waals surface area (Å²) in [6.07, 6.45) is -4.33. The number of alkyl halides is 3. The first-order chi connectivity index (χ1) is 11.1. The molecule has 2 amide bonds. The molecule has 0 saturated carbocycles. The molecule has 1 aromatic rings. The van der Waals surface area contributed by atoms with Crippen LogP contribution in [0.25, 0.3) is 0 Å². The van der Waals surface area contributed by atoms with E-state index in [1.807, 2.05) is 0 Å². The van der Waals surface area contributed by atoms with Crippen molar-refractivity contribution in [2.24, 2.45) is 0 Å². The molecule has 5 nitrogen and oxygen atoms in total. The fraction of sp³-hybridized carbons (Fsp3) is 0.500. The third kappa shape index (κ3) is 3.53. The van der Waals surface area contributed by atoms with Gasteiger partial charge in [0.2, 0.25) is 5.91 Å². The number of amides is 2. The van der Waals surface area contributed by atoms with Crippen molar-refractivity contribution in [2.45, 2.75) is 38.1 Å². The quantitative estimate of drug-likeness (QED) is 0.912. The normalized spacial score (nSPS) is 18.8. The van der Waals surface area contributed by atoms with Gasteiger partial charge in [-0.25, -0.2) is 0 Å². The minimum Gasteiger partial charge on any atom is -0.369 e. The average Bonchev–Trinajstić information content (AvgIpc) is 2.87. The van der Waals surface area contributed by atoms with Crippen LogP contribution in [-0.4, -0.2) is 37.1 Å². The topological polar surface area (TPSA) is 58.6 Å². The van der Waals surface area contributed by atoms with E-state index in [0.717, 1.165) is 11.0 Å². The SMILES string of the molecule is COC(C)(C)C(=O)N[C@@H]1CCN(c2ccccc2C(F)(F)F)C1=O. The van der Waals surface area contributed by atoms with Crippen molar-refractivity contribution in [1.82, 2.24) is 5.32 Å². The number of hydrogen-bond acceptors (Lipinski definition) is 3. The number of carbonyl (C=O) groups excluding carboxylic acids is 2. The minimum atomic E-state index is -4.56. The fourth-order valence-corrected chi connectivity index (χ4v) is 2.43. The van der Waals surface area contributed by atoms with Crippen LogP contribution in [0.3, 0.4) is 0 Å². The van der Waals surface area contributed by atoms with Crippen molar-refractivity contribution < 1.29 is 27.5 Å². The Labute approximate surface area is 137 Å². The number of nitrogens with one attached hydrogen (secondary N) is 1. The Bertz CT molecular complexity index is 644. The van der Waals surface area contributed by atoms with Crippen molar-refractivity contribution >= 4 is 17.5 Å². The largest absolute Gasteiger partial charge is 0.418 e. The summed E-state index contributed by atoms with van der Waals surface area (Å²) >= 11 is 0. The molecule has 1 saturated heterocycles. The molecule has 0 spiro atoms. The highest BCUT2D eigenvalue weighted by molar-refractivity contribution is 6.02. The van der Waals surface area contributed by atoms with Crippen LogP contribution in [0.1, 0.15) is 25.8 Å². The van der Waals surface area contributed by atoms with Gasteiger partial charge in [0.25, 0.3) is 5.91 Å². The number of nitrogens with zero attached hydrogens (tertiary/aromatic N) is 1. The molecule has 0 bridgehead atoms. The van der Waals surface area contributed by atoms with Crippen molar-refractivity contribution in [3.63, 3.8) is 0 Å². The average molecular weight is 344 g/mol. The van der Waals surface area contributed by atoms with E-state index >= 15 is 0 Å². The maximum absolute atomic E-state index is 13.1. The summed E-state index contributed by atoms with van der Waals surface area (Å²) < 4.78 is 44.4. The summed E-state index contributed by atoms with van der Waals surface area (Å²) in [5, 5.41) is 2.54. The molecule has 0 radical (unpaired) electrons. The van der Waals surface area contributed by atoms with E-state index in [1.165, 1.54) is 25.3 Å². The second kappa shape index (κ2) is 6.43. The van der Waals surface area contributed by atoms with Crippen molar-refractivity contribution in [1.29, 1.82) is 0 Å². The molecule has 1 atom stereocenters. The molecule has 0 unspecified atom stereocenters. The Morgan fingerprint density at radius 3 is 2.50 bits per heavy atom. The Morgan fingerprint density at radius 2 is 1.92 bits per heavy atom. The molecule has 1 aliphatic heterocycles. The molecule has 2 rings (SSSR count). The number of carbonyl (C=O) groups is 2. The zero-order valence-electron chi connectivity index (χ0n) is 13.6. The van der Waals surface area contributed by atoms with Crippen LogP contribution in [-0.2, 0) is 20.5 Å². The second-order valence-corrected chi connectivity index (χ2v) is 6.03. The molecular weight excluding hydrogens is 325 g/mol. The lowest BCUT2D eigenvalue weighted by molar-refractivity contribution is -0.141. The predicted octanol–water partition coefficient (Wildman–Crippen LogP) is 2.35. The zero-order valence-corrected chi connectivity index (χ0v) is 13.6. The van der Waals surface area contributed by atoms with E-state index in [0.29, 0.717) is 0 Å². The lowest BCUT2D eigenvalue weighted by Gasteiger charge is -2.24. The predicted molar refractivity (Wildman–Crippen MR) is 81.4 cm³/mol. The van der Waals surface area contributed by atoms with E-state index in [-0.39, 0.29) is 18.7 Å². The number of anilines is 1. The minimum absolute atomic E-state index is 0.101. The fourth-order valence-electron chi connectivity index (χ4n) is 2.43. The third-order valence-electron chi connectivity index (χ3n) is 4.07. The third-order valence-corrected chi connectivity index (χ3v) is 4.07. The molecule has 8 heteroatoms. The monoisotopic (exact) mass is 344 g/mol. The molecule has 1 N–H and O–H groups in total. The van der Waals surface area contributed by atoms with E-state index in [2.05, 4.69) is 5.32 Å². The highest BCUT2D eigenvalue weighted by Crippen LogP contribution is 2.37. The van der Waals surface area contributed by atoms with Crippen LogP contribution in [0.15, 0.2) is 24.3 Å². The van der Waals surface area contributed by atoms with Gasteiger partial charge in [0, 0.05) is 13.7 Å². The molecule has 132 valence electrons. The van der Waals surface area contributed by atoms with Gasteiger partial charge in [0.05, 0.1) is 11.3 Å². The van der Waals surface area contributed by atoms with Gasteiger partial charge < -0.3 is 15.0 Å². The molecule has 1 aromatic carbocycles. The lowest BCUT2D eigenvalue weighted by atomic mass is 10.1. The van der Waals surface area contributed by atoms with Crippen LogP contribution < -0.4 is 10.2 Å². The smallest absolute Gasteiger partial charge is 0.369 e. The first kappa shape index (κ1) is 18.3. The number of benzene rings is 1. The van der Waals surface area contributed by atoms with E-state index in [1.54, 1.807) is 13.8 Å². The Balaban J connectivity index is 2.20. The molecule has 0 aliphatic carbocycles. The Hall–Kier alpha value is -2.09. The maximum Gasteiger partial charge on any atom is 0.418 e. The summed E-state index contributed by atoms with van der Waals surface area (Å²) in [5.74, 6) is -1.05. The highest BCUT2D eigenvalue weighted by atomic mass is 19.4. The number of para-hydroxylation sites is 1. The van der Waals surface area contributed by atoms with Crippen molar-refractivity contribution in [3.8, 4) is 0 Å². The molecule has 1 fully saturated rings. The van der Waals surface area contributed by atoms with Gasteiger partial charge in [-0.2, -0.15) is 13.2 Å². The van der Waals surface area contributed by atoms with Crippen LogP contribution in [0.2, 0.25) is 0 Å². The molecule has 0 aromatic heterocycles. The summed E-state index contributed by atoms with van der Waals surface area (Å²) in [6.45, 7) is 3.18. The second-order valence-electron chi connectivity index (χ2n) is 6.03. The summed E-state index contributed by atoms with van der Waals surface area (Å²) in [4.78, 5) is 25.6. The van der Waals surface area contributed by atoms with Crippen molar-refractivity contribution in [2.75, 3.05) is 18.6 Å². The number of ether oxygens (including phenoxy) is 1. The number of halogens is 3. The summed E-state index contributed by atoms with van der Waals surface area (Å²) in [5.41, 5.74) is -2.20. The first-order valence-corrected chi connectivity index (χ1v) is 7.41.